The summed E-state index contributed by atoms with van der Waals surface area (Å²) in [5, 5.41) is 13.7. The van der Waals surface area contributed by atoms with Crippen molar-refractivity contribution in [2.45, 2.75) is 50.9 Å². The number of nitriles is 1. The Morgan fingerprint density at radius 2 is 1.83 bits per heavy atom. The number of fused-ring (bicyclic) bond motifs is 4. The maximum absolute atomic E-state index is 13.4. The maximum atomic E-state index is 13.4. The number of aryl methyl sites for hydroxylation is 1. The van der Waals surface area contributed by atoms with E-state index in [0.29, 0.717) is 33.5 Å². The van der Waals surface area contributed by atoms with E-state index in [0.717, 1.165) is 51.0 Å². The largest absolute Gasteiger partial charge is 0.416 e. The van der Waals surface area contributed by atoms with Crippen LogP contribution in [0.3, 0.4) is 0 Å². The second-order valence-corrected chi connectivity index (χ2v) is 9.68. The van der Waals surface area contributed by atoms with Crippen LogP contribution in [0.15, 0.2) is 23.9 Å². The van der Waals surface area contributed by atoms with E-state index < -0.39 is 17.8 Å². The minimum absolute atomic E-state index is 0.0658. The minimum Gasteiger partial charge on any atom is -0.363 e. The third-order valence-electron chi connectivity index (χ3n) is 7.44. The zero-order valence-electron chi connectivity index (χ0n) is 20.0. The molecule has 1 aromatic carbocycles. The number of alkyl halides is 3. The first-order valence-electron chi connectivity index (χ1n) is 11.9. The van der Waals surface area contributed by atoms with Gasteiger partial charge in [-0.3, -0.25) is 0 Å². The van der Waals surface area contributed by atoms with Crippen molar-refractivity contribution in [3.8, 4) is 6.07 Å². The molecule has 0 radical (unpaired) electrons. The van der Waals surface area contributed by atoms with Crippen LogP contribution in [0, 0.1) is 18.3 Å². The van der Waals surface area contributed by atoms with E-state index in [1.54, 1.807) is 19.9 Å². The van der Waals surface area contributed by atoms with Crippen molar-refractivity contribution in [1.82, 2.24) is 19.8 Å². The van der Waals surface area contributed by atoms with Crippen molar-refractivity contribution in [3.63, 3.8) is 0 Å². The Hall–Kier alpha value is -3.67. The summed E-state index contributed by atoms with van der Waals surface area (Å²) in [4.78, 5) is 25.4. The summed E-state index contributed by atoms with van der Waals surface area (Å²) in [6, 6.07) is 4.56. The highest BCUT2D eigenvalue weighted by Gasteiger charge is 2.44. The number of nitrogens with zero attached hydrogens (tertiary/aromatic N) is 5. The van der Waals surface area contributed by atoms with E-state index >= 15 is 0 Å². The Kier molecular flexibility index (Phi) is 5.86. The van der Waals surface area contributed by atoms with Crippen LogP contribution >= 0.6 is 0 Å². The number of hydrogen-bond donors (Lipinski definition) is 1. The Bertz CT molecular complexity index is 1420. The van der Waals surface area contributed by atoms with Crippen molar-refractivity contribution in [2.24, 2.45) is 0 Å². The van der Waals surface area contributed by atoms with Gasteiger partial charge in [-0.05, 0) is 62.9 Å². The van der Waals surface area contributed by atoms with E-state index in [4.69, 9.17) is 0 Å². The molecule has 3 saturated heterocycles. The number of aromatic nitrogens is 2. The lowest BCUT2D eigenvalue weighted by Gasteiger charge is -2.53. The average Bonchev–Trinajstić information content (AvgIpc) is 2.88. The van der Waals surface area contributed by atoms with Crippen LogP contribution in [0.25, 0.3) is 12.3 Å². The van der Waals surface area contributed by atoms with Crippen LogP contribution < -0.4 is 15.9 Å². The summed E-state index contributed by atoms with van der Waals surface area (Å²) in [5.74, 6) is 2.99. The topological polar surface area (TPSA) is 85.1 Å². The van der Waals surface area contributed by atoms with Gasteiger partial charge in [0.1, 0.15) is 17.3 Å². The second-order valence-electron chi connectivity index (χ2n) is 9.68. The molecule has 1 atom stereocenters. The Morgan fingerprint density at radius 1 is 1.14 bits per heavy atom. The first kappa shape index (κ1) is 24.0. The molecule has 0 unspecified atom stereocenters. The zero-order valence-corrected chi connectivity index (χ0v) is 20.0. The Labute approximate surface area is 206 Å². The molecule has 0 saturated carbocycles. The number of allylic oxidation sites excluding steroid dienone is 1. The fraction of sp³-hybridized carbons (Fsp3) is 0.423. The molecule has 2 bridgehead atoms. The van der Waals surface area contributed by atoms with Gasteiger partial charge in [-0.1, -0.05) is 0 Å². The lowest BCUT2D eigenvalue weighted by molar-refractivity contribution is -0.137. The maximum Gasteiger partial charge on any atom is 0.416 e. The van der Waals surface area contributed by atoms with E-state index in [9.17, 15) is 23.2 Å². The van der Waals surface area contributed by atoms with Gasteiger partial charge in [0.15, 0.2) is 5.94 Å². The number of hydrogen-bond acceptors (Lipinski definition) is 7. The van der Waals surface area contributed by atoms with Gasteiger partial charge >= 0.3 is 6.18 Å². The van der Waals surface area contributed by atoms with Gasteiger partial charge in [-0.25, -0.2) is 14.8 Å². The van der Waals surface area contributed by atoms with Crippen molar-refractivity contribution in [3.05, 3.63) is 57.0 Å². The third-order valence-corrected chi connectivity index (χ3v) is 7.44. The smallest absolute Gasteiger partial charge is 0.363 e. The van der Waals surface area contributed by atoms with Crippen molar-refractivity contribution in [1.29, 1.82) is 5.26 Å². The fourth-order valence-electron chi connectivity index (χ4n) is 5.41. The fourth-order valence-corrected chi connectivity index (χ4v) is 5.41. The summed E-state index contributed by atoms with van der Waals surface area (Å²) in [6.07, 6.45) is 1.79. The van der Waals surface area contributed by atoms with E-state index in [-0.39, 0.29) is 11.1 Å². The molecule has 10 heteroatoms. The molecule has 186 valence electrons. The first-order valence-corrected chi connectivity index (χ1v) is 11.9. The molecule has 4 aliphatic rings. The van der Waals surface area contributed by atoms with Crippen LogP contribution in [0.4, 0.5) is 19.0 Å². The summed E-state index contributed by atoms with van der Waals surface area (Å²) in [5.41, 5.74) is -0.391. The van der Waals surface area contributed by atoms with E-state index in [1.807, 2.05) is 17.2 Å². The molecule has 2 aromatic rings. The summed E-state index contributed by atoms with van der Waals surface area (Å²) in [6.45, 7) is 6.33. The Morgan fingerprint density at radius 3 is 2.44 bits per heavy atom. The molecule has 3 fully saturated rings. The third kappa shape index (κ3) is 4.25. The number of halogens is 3. The predicted octanol–water partition coefficient (Wildman–Crippen LogP) is 2.64. The van der Waals surface area contributed by atoms with Crippen LogP contribution in [-0.2, 0) is 11.0 Å². The molecule has 6 rings (SSSR count). The number of piperidine rings is 3. The monoisotopic (exact) mass is 494 g/mol. The molecule has 0 amide bonds. The number of carbonyl (C=O) groups excluding carboxylic acids is 1. The number of benzene rings is 1. The molecule has 1 N–H and O–H groups in total. The summed E-state index contributed by atoms with van der Waals surface area (Å²) in [7, 11) is 0. The lowest BCUT2D eigenvalue weighted by Crippen LogP contribution is -2.60. The van der Waals surface area contributed by atoms with E-state index in [2.05, 4.69) is 26.1 Å². The molecular weight excluding hydrogens is 469 g/mol. The predicted molar refractivity (Wildman–Crippen MR) is 127 cm³/mol. The van der Waals surface area contributed by atoms with Crippen LogP contribution in [0.1, 0.15) is 54.7 Å². The quantitative estimate of drug-likeness (QED) is 0.654. The minimum atomic E-state index is -4.57. The van der Waals surface area contributed by atoms with Crippen molar-refractivity contribution in [2.75, 3.05) is 25.0 Å². The first-order chi connectivity index (χ1) is 17.1. The highest BCUT2D eigenvalue weighted by Crippen LogP contribution is 2.40. The zero-order chi connectivity index (χ0) is 25.7. The molecule has 36 heavy (non-hydrogen) atoms. The molecule has 0 spiro atoms. The van der Waals surface area contributed by atoms with Gasteiger partial charge < -0.3 is 15.1 Å². The molecule has 7 nitrogen and oxygen atoms in total. The van der Waals surface area contributed by atoms with Gasteiger partial charge in [-0.2, -0.15) is 18.4 Å². The summed E-state index contributed by atoms with van der Waals surface area (Å²) >= 11 is 0. The number of rotatable bonds is 4. The van der Waals surface area contributed by atoms with Gasteiger partial charge in [0.25, 0.3) is 0 Å². The van der Waals surface area contributed by atoms with Crippen molar-refractivity contribution >= 4 is 24.0 Å². The second kappa shape index (κ2) is 8.77. The van der Waals surface area contributed by atoms with E-state index in [1.165, 1.54) is 6.07 Å². The van der Waals surface area contributed by atoms with Gasteiger partial charge in [0.05, 0.1) is 33.8 Å². The van der Waals surface area contributed by atoms with Crippen LogP contribution in [0.5, 0.6) is 0 Å². The van der Waals surface area contributed by atoms with Crippen LogP contribution in [-0.4, -0.2) is 50.9 Å². The summed E-state index contributed by atoms with van der Waals surface area (Å²) < 4.78 is 40.2. The van der Waals surface area contributed by atoms with Crippen LogP contribution in [0.2, 0.25) is 0 Å². The number of nitrogens with one attached hydrogen (secondary N) is 1. The Balaban J connectivity index is 1.57. The SMILES string of the molecule is Cc1nc(N[C@H](C)c2cc(C#N)cc(C(F)(F)F)c2)c2c(n1)=CC(=C=O)N(C13CCN(CC1)CC3)C=2. The highest BCUT2D eigenvalue weighted by atomic mass is 19.4. The lowest BCUT2D eigenvalue weighted by atomic mass is 9.78. The standard InChI is InChI=1S/C26H25F3N6O/c1-16(19-9-18(13-30)10-20(11-19)26(27,28)29)31-24-22-14-35(25-3-6-34(7-4-25)8-5-25)21(15-36)12-23(22)32-17(2)33-24/h9-12,14,16H,3-8H2,1-2H3,(H,31,32,33)/t16-/m1/s1. The molecule has 0 aliphatic carbocycles. The molecule has 4 aliphatic heterocycles. The molecule has 5 heterocycles. The van der Waals surface area contributed by atoms with Crippen molar-refractivity contribution < 1.29 is 18.0 Å². The average molecular weight is 495 g/mol. The molecule has 1 aromatic heterocycles. The van der Waals surface area contributed by atoms with Gasteiger partial charge in [-0.15, -0.1) is 0 Å². The number of anilines is 1. The van der Waals surface area contributed by atoms with Gasteiger partial charge in [0.2, 0.25) is 0 Å². The normalized spacial score (nSPS) is 23.6. The molecular formula is C26H25F3N6O. The highest BCUT2D eigenvalue weighted by molar-refractivity contribution is 5.72. The van der Waals surface area contributed by atoms with Gasteiger partial charge in [0, 0.05) is 31.4 Å².